The van der Waals surface area contributed by atoms with E-state index < -0.39 is 5.41 Å². The van der Waals surface area contributed by atoms with Crippen molar-refractivity contribution in [2.24, 2.45) is 5.41 Å². The highest BCUT2D eigenvalue weighted by molar-refractivity contribution is 6.08. The van der Waals surface area contributed by atoms with Gasteiger partial charge < -0.3 is 10.6 Å². The second kappa shape index (κ2) is 5.15. The number of fused-ring (bicyclic) bond motifs is 2. The molecule has 1 aromatic heterocycles. The number of hydrogen-bond donors (Lipinski definition) is 2. The van der Waals surface area contributed by atoms with Gasteiger partial charge in [0.15, 0.2) is 0 Å². The maximum atomic E-state index is 12.1. The summed E-state index contributed by atoms with van der Waals surface area (Å²) in [4.78, 5) is 28.5. The van der Waals surface area contributed by atoms with Crippen molar-refractivity contribution in [3.63, 3.8) is 0 Å². The van der Waals surface area contributed by atoms with E-state index in [0.717, 1.165) is 35.2 Å². The lowest BCUT2D eigenvalue weighted by atomic mass is 9.95. The van der Waals surface area contributed by atoms with Gasteiger partial charge in [-0.2, -0.15) is 0 Å². The van der Waals surface area contributed by atoms with Crippen molar-refractivity contribution in [1.29, 1.82) is 0 Å². The molecule has 2 aliphatic rings. The van der Waals surface area contributed by atoms with Crippen LogP contribution in [0.15, 0.2) is 36.5 Å². The molecule has 0 atom stereocenters. The first-order valence-electron chi connectivity index (χ1n) is 8.53. The van der Waals surface area contributed by atoms with Crippen LogP contribution in [0.3, 0.4) is 0 Å². The second-order valence-corrected chi connectivity index (χ2v) is 7.93. The number of aromatic nitrogens is 1. The van der Waals surface area contributed by atoms with Gasteiger partial charge >= 0.3 is 0 Å². The van der Waals surface area contributed by atoms with Crippen molar-refractivity contribution in [3.05, 3.63) is 42.1 Å². The summed E-state index contributed by atoms with van der Waals surface area (Å²) in [5.41, 5.74) is 3.25. The SMILES string of the molecule is CC(C)(C)C(=O)Nc1ccc(-c2ccc3c(c2)NC(=O)C32CC2)cn1. The zero-order valence-electron chi connectivity index (χ0n) is 14.6. The van der Waals surface area contributed by atoms with Gasteiger partial charge in [-0.3, -0.25) is 9.59 Å². The number of carbonyl (C=O) groups excluding carboxylic acids is 2. The normalized spacial score (nSPS) is 17.2. The molecule has 2 aromatic rings. The lowest BCUT2D eigenvalue weighted by Crippen LogP contribution is -2.27. The number of benzene rings is 1. The first-order valence-corrected chi connectivity index (χ1v) is 8.53. The zero-order chi connectivity index (χ0) is 17.8. The van der Waals surface area contributed by atoms with Crippen molar-refractivity contribution < 1.29 is 9.59 Å². The summed E-state index contributed by atoms with van der Waals surface area (Å²) in [5, 5.41) is 5.82. The van der Waals surface area contributed by atoms with Crippen LogP contribution < -0.4 is 10.6 Å². The Morgan fingerprint density at radius 3 is 2.48 bits per heavy atom. The number of amides is 2. The Morgan fingerprint density at radius 1 is 1.16 bits per heavy atom. The van der Waals surface area contributed by atoms with E-state index in [2.05, 4.69) is 15.6 Å². The molecular formula is C20H21N3O2. The fourth-order valence-corrected chi connectivity index (χ4v) is 3.17. The zero-order valence-corrected chi connectivity index (χ0v) is 14.6. The quantitative estimate of drug-likeness (QED) is 0.879. The highest BCUT2D eigenvalue weighted by Gasteiger charge is 2.56. The minimum atomic E-state index is -0.461. The topological polar surface area (TPSA) is 71.1 Å². The molecule has 2 heterocycles. The third kappa shape index (κ3) is 2.60. The minimum Gasteiger partial charge on any atom is -0.325 e. The molecule has 1 aromatic carbocycles. The van der Waals surface area contributed by atoms with E-state index in [1.165, 1.54) is 0 Å². The Balaban J connectivity index is 1.57. The number of pyridine rings is 1. The molecule has 1 saturated carbocycles. The fourth-order valence-electron chi connectivity index (χ4n) is 3.17. The predicted octanol–water partition coefficient (Wildman–Crippen LogP) is 3.72. The molecule has 1 spiro atoms. The summed E-state index contributed by atoms with van der Waals surface area (Å²) in [6.07, 6.45) is 3.62. The summed E-state index contributed by atoms with van der Waals surface area (Å²) >= 11 is 0. The lowest BCUT2D eigenvalue weighted by Gasteiger charge is -2.17. The maximum absolute atomic E-state index is 12.1. The number of nitrogens with zero attached hydrogens (tertiary/aromatic N) is 1. The van der Waals surface area contributed by atoms with E-state index in [1.807, 2.05) is 45.0 Å². The van der Waals surface area contributed by atoms with Gasteiger partial charge in [-0.15, -0.1) is 0 Å². The van der Waals surface area contributed by atoms with Crippen molar-refractivity contribution in [1.82, 2.24) is 4.98 Å². The number of carbonyl (C=O) groups is 2. The van der Waals surface area contributed by atoms with Gasteiger partial charge in [0.05, 0.1) is 5.41 Å². The molecule has 4 rings (SSSR count). The summed E-state index contributed by atoms with van der Waals surface area (Å²) in [6.45, 7) is 5.59. The summed E-state index contributed by atoms with van der Waals surface area (Å²) in [5.74, 6) is 0.593. The van der Waals surface area contributed by atoms with Crippen molar-refractivity contribution in [2.75, 3.05) is 10.6 Å². The van der Waals surface area contributed by atoms with Gasteiger partial charge in [0.2, 0.25) is 11.8 Å². The maximum Gasteiger partial charge on any atom is 0.235 e. The molecule has 0 radical (unpaired) electrons. The molecule has 128 valence electrons. The van der Waals surface area contributed by atoms with Crippen molar-refractivity contribution in [3.8, 4) is 11.1 Å². The predicted molar refractivity (Wildman–Crippen MR) is 97.3 cm³/mol. The van der Waals surface area contributed by atoms with Crippen LogP contribution in [0.5, 0.6) is 0 Å². The third-order valence-electron chi connectivity index (χ3n) is 4.99. The number of anilines is 2. The third-order valence-corrected chi connectivity index (χ3v) is 4.99. The van der Waals surface area contributed by atoms with Crippen LogP contribution in [-0.4, -0.2) is 16.8 Å². The van der Waals surface area contributed by atoms with Crippen LogP contribution in [0.25, 0.3) is 11.1 Å². The van der Waals surface area contributed by atoms with E-state index in [9.17, 15) is 9.59 Å². The van der Waals surface area contributed by atoms with E-state index in [1.54, 1.807) is 12.3 Å². The molecular weight excluding hydrogens is 314 g/mol. The molecule has 5 nitrogen and oxygen atoms in total. The van der Waals surface area contributed by atoms with Crippen LogP contribution in [0.1, 0.15) is 39.2 Å². The van der Waals surface area contributed by atoms with Gasteiger partial charge in [-0.05, 0) is 42.2 Å². The monoisotopic (exact) mass is 335 g/mol. The smallest absolute Gasteiger partial charge is 0.235 e. The lowest BCUT2D eigenvalue weighted by molar-refractivity contribution is -0.123. The molecule has 2 amide bonds. The molecule has 25 heavy (non-hydrogen) atoms. The standard InChI is InChI=1S/C20H21N3O2/c1-19(2,3)17(24)23-16-7-5-13(11-21-16)12-4-6-14-15(10-12)22-18(25)20(14)8-9-20/h4-7,10-11H,8-9H2,1-3H3,(H,22,25)(H,21,23,24). The van der Waals surface area contributed by atoms with Crippen LogP contribution >= 0.6 is 0 Å². The number of rotatable bonds is 2. The average molecular weight is 335 g/mol. The van der Waals surface area contributed by atoms with E-state index in [4.69, 9.17) is 0 Å². The van der Waals surface area contributed by atoms with Crippen LogP contribution in [0.4, 0.5) is 11.5 Å². The Hall–Kier alpha value is -2.69. The highest BCUT2D eigenvalue weighted by Crippen LogP contribution is 2.55. The minimum absolute atomic E-state index is 0.0669. The van der Waals surface area contributed by atoms with Crippen LogP contribution in [0.2, 0.25) is 0 Å². The molecule has 1 aliphatic carbocycles. The van der Waals surface area contributed by atoms with Gasteiger partial charge in [0.1, 0.15) is 5.82 Å². The number of nitrogens with one attached hydrogen (secondary N) is 2. The van der Waals surface area contributed by atoms with Crippen LogP contribution in [0, 0.1) is 5.41 Å². The summed E-state index contributed by atoms with van der Waals surface area (Å²) in [6, 6.07) is 9.81. The molecule has 2 N–H and O–H groups in total. The first kappa shape index (κ1) is 15.8. The first-order chi connectivity index (χ1) is 11.8. The summed E-state index contributed by atoms with van der Waals surface area (Å²) < 4.78 is 0. The largest absolute Gasteiger partial charge is 0.325 e. The van der Waals surface area contributed by atoms with Gasteiger partial charge in [0.25, 0.3) is 0 Å². The Morgan fingerprint density at radius 2 is 1.88 bits per heavy atom. The average Bonchev–Trinajstić information content (AvgIpc) is 3.31. The molecule has 5 heteroatoms. The van der Waals surface area contributed by atoms with E-state index in [0.29, 0.717) is 5.82 Å². The molecule has 1 fully saturated rings. The highest BCUT2D eigenvalue weighted by atomic mass is 16.2. The van der Waals surface area contributed by atoms with E-state index in [-0.39, 0.29) is 17.2 Å². The van der Waals surface area contributed by atoms with Crippen molar-refractivity contribution in [2.45, 2.75) is 39.0 Å². The Bertz CT molecular complexity index is 875. The van der Waals surface area contributed by atoms with Gasteiger partial charge in [-0.25, -0.2) is 4.98 Å². The Kier molecular flexibility index (Phi) is 3.26. The van der Waals surface area contributed by atoms with Gasteiger partial charge in [-0.1, -0.05) is 32.9 Å². The van der Waals surface area contributed by atoms with Crippen LogP contribution in [-0.2, 0) is 15.0 Å². The van der Waals surface area contributed by atoms with E-state index >= 15 is 0 Å². The number of hydrogen-bond acceptors (Lipinski definition) is 3. The van der Waals surface area contributed by atoms with Crippen molar-refractivity contribution >= 4 is 23.3 Å². The molecule has 0 unspecified atom stereocenters. The molecule has 0 saturated heterocycles. The molecule has 0 bridgehead atoms. The van der Waals surface area contributed by atoms with Gasteiger partial charge in [0, 0.05) is 22.9 Å². The Labute approximate surface area is 146 Å². The fraction of sp³-hybridized carbons (Fsp3) is 0.350. The molecule has 1 aliphatic heterocycles. The summed E-state index contributed by atoms with van der Waals surface area (Å²) in [7, 11) is 0. The second-order valence-electron chi connectivity index (χ2n) is 7.93.